The molecule has 0 amide bonds. The number of methoxy groups -OCH3 is 3. The average Bonchev–Trinajstić information content (AvgIpc) is 2.88. The van der Waals surface area contributed by atoms with Gasteiger partial charge in [0.2, 0.25) is 0 Å². The Morgan fingerprint density at radius 1 is 0.972 bits per heavy atom. The summed E-state index contributed by atoms with van der Waals surface area (Å²) in [6.07, 6.45) is 0.851. The van der Waals surface area contributed by atoms with Gasteiger partial charge in [0.05, 0.1) is 39.4 Å². The molecule has 1 fully saturated rings. The summed E-state index contributed by atoms with van der Waals surface area (Å²) in [5.74, 6) is -0.312. The normalized spacial score (nSPS) is 21.4. The van der Waals surface area contributed by atoms with Crippen molar-refractivity contribution in [1.82, 2.24) is 0 Å². The van der Waals surface area contributed by atoms with Crippen molar-refractivity contribution in [2.24, 2.45) is 10.9 Å². The van der Waals surface area contributed by atoms with E-state index in [9.17, 15) is 14.7 Å². The number of ketones is 1. The maximum absolute atomic E-state index is 13.7. The van der Waals surface area contributed by atoms with Crippen LogP contribution in [0.25, 0.3) is 0 Å². The Morgan fingerprint density at radius 3 is 2.33 bits per heavy atom. The average molecular weight is 494 g/mol. The number of phenols is 1. The van der Waals surface area contributed by atoms with Crippen molar-refractivity contribution in [2.75, 3.05) is 27.9 Å². The second-order valence-electron chi connectivity index (χ2n) is 8.90. The molecule has 0 aromatic heterocycles. The number of carbonyl (C=O) groups is 2. The van der Waals surface area contributed by atoms with Crippen LogP contribution in [0.2, 0.25) is 0 Å². The molecular formula is C28H31NO7. The molecule has 36 heavy (non-hydrogen) atoms. The lowest BCUT2D eigenvalue weighted by atomic mass is 9.66. The van der Waals surface area contributed by atoms with Gasteiger partial charge in [-0.05, 0) is 61.6 Å². The highest BCUT2D eigenvalue weighted by Crippen LogP contribution is 2.47. The van der Waals surface area contributed by atoms with Crippen molar-refractivity contribution in [3.63, 3.8) is 0 Å². The zero-order chi connectivity index (χ0) is 26.0. The number of nitrogens with zero attached hydrogens (tertiary/aromatic N) is 1. The van der Waals surface area contributed by atoms with Crippen LogP contribution in [0, 0.1) is 5.92 Å². The highest BCUT2D eigenvalue weighted by Gasteiger charge is 2.46. The van der Waals surface area contributed by atoms with Crippen molar-refractivity contribution in [3.05, 3.63) is 58.8 Å². The van der Waals surface area contributed by atoms with E-state index in [4.69, 9.17) is 23.9 Å². The molecule has 0 saturated heterocycles. The molecule has 2 aliphatic rings. The third-order valence-electron chi connectivity index (χ3n) is 6.88. The molecule has 0 bridgehead atoms. The van der Waals surface area contributed by atoms with Crippen molar-refractivity contribution < 1.29 is 33.6 Å². The lowest BCUT2D eigenvalue weighted by Gasteiger charge is -2.38. The minimum atomic E-state index is -0.613. The zero-order valence-corrected chi connectivity index (χ0v) is 21.2. The number of phenolic OH excluding ortho intramolecular Hbond substituents is 1. The smallest absolute Gasteiger partial charge is 0.336 e. The molecule has 1 heterocycles. The Kier molecular flexibility index (Phi) is 7.33. The molecule has 190 valence electrons. The Morgan fingerprint density at radius 2 is 1.67 bits per heavy atom. The van der Waals surface area contributed by atoms with Gasteiger partial charge < -0.3 is 24.1 Å². The van der Waals surface area contributed by atoms with E-state index in [1.165, 1.54) is 13.2 Å². The van der Waals surface area contributed by atoms with E-state index in [1.54, 1.807) is 33.3 Å². The summed E-state index contributed by atoms with van der Waals surface area (Å²) in [4.78, 5) is 31.3. The SMILES string of the molecule is CCOc1cc([C@@H]2C(C(=O)OC)=C(C)N=C3C[C@@H](c4ccc(OC)c(OC)c4)CC(=O)C32)ccc1O. The van der Waals surface area contributed by atoms with Crippen LogP contribution in [-0.4, -0.2) is 50.5 Å². The second-order valence-corrected chi connectivity index (χ2v) is 8.90. The predicted octanol–water partition coefficient (Wildman–Crippen LogP) is 4.56. The highest BCUT2D eigenvalue weighted by molar-refractivity contribution is 6.12. The van der Waals surface area contributed by atoms with Crippen LogP contribution in [0.3, 0.4) is 0 Å². The van der Waals surface area contributed by atoms with Crippen LogP contribution in [0.4, 0.5) is 0 Å². The fourth-order valence-electron chi connectivity index (χ4n) is 5.25. The van der Waals surface area contributed by atoms with Gasteiger partial charge >= 0.3 is 5.97 Å². The zero-order valence-electron chi connectivity index (χ0n) is 21.2. The van der Waals surface area contributed by atoms with Crippen LogP contribution in [0.1, 0.15) is 49.7 Å². The molecule has 1 aliphatic heterocycles. The largest absolute Gasteiger partial charge is 0.504 e. The summed E-state index contributed by atoms with van der Waals surface area (Å²) in [5, 5.41) is 10.2. The molecule has 1 unspecified atom stereocenters. The summed E-state index contributed by atoms with van der Waals surface area (Å²) in [6.45, 7) is 3.94. The number of allylic oxidation sites excluding steroid dienone is 1. The number of Topliss-reactive ketones (excluding diaryl/α,β-unsaturated/α-hetero) is 1. The quantitative estimate of drug-likeness (QED) is 0.564. The van der Waals surface area contributed by atoms with Crippen molar-refractivity contribution in [1.29, 1.82) is 0 Å². The number of aliphatic imine (C=N–C) groups is 1. The van der Waals surface area contributed by atoms with Crippen LogP contribution in [0.5, 0.6) is 23.0 Å². The first kappa shape index (κ1) is 25.3. The van der Waals surface area contributed by atoms with Crippen LogP contribution >= 0.6 is 0 Å². The van der Waals surface area contributed by atoms with Crippen molar-refractivity contribution >= 4 is 17.5 Å². The molecule has 1 aliphatic carbocycles. The molecule has 3 atom stereocenters. The van der Waals surface area contributed by atoms with Gasteiger partial charge in [0.1, 0.15) is 5.78 Å². The molecule has 1 N–H and O–H groups in total. The maximum Gasteiger partial charge on any atom is 0.336 e. The first-order chi connectivity index (χ1) is 17.3. The number of hydrogen-bond acceptors (Lipinski definition) is 8. The van der Waals surface area contributed by atoms with E-state index in [2.05, 4.69) is 0 Å². The number of fused-ring (bicyclic) bond motifs is 1. The van der Waals surface area contributed by atoms with Gasteiger partial charge in [-0.1, -0.05) is 12.1 Å². The standard InChI is InChI=1S/C28H31NO7/c1-6-36-23-14-17(7-9-20(23)30)26-25(28(32)35-5)15(2)29-19-11-18(12-21(31)27(19)26)16-8-10-22(33-3)24(13-16)34-4/h7-10,13-14,18,26-27,30H,6,11-12H2,1-5H3/t18-,26-,27?/m1/s1. The number of aromatic hydroxyl groups is 1. The van der Waals surface area contributed by atoms with E-state index in [0.29, 0.717) is 53.5 Å². The Labute approximate surface area is 210 Å². The van der Waals surface area contributed by atoms with E-state index >= 15 is 0 Å². The Hall–Kier alpha value is -3.81. The molecule has 0 spiro atoms. The monoisotopic (exact) mass is 493 g/mol. The third kappa shape index (κ3) is 4.55. The lowest BCUT2D eigenvalue weighted by Crippen LogP contribution is -2.41. The molecule has 4 rings (SSSR count). The van der Waals surface area contributed by atoms with Gasteiger partial charge in [-0.15, -0.1) is 0 Å². The van der Waals surface area contributed by atoms with Crippen molar-refractivity contribution in [2.45, 2.75) is 38.5 Å². The van der Waals surface area contributed by atoms with E-state index in [1.807, 2.05) is 25.1 Å². The fraction of sp³-hybridized carbons (Fsp3) is 0.393. The first-order valence-corrected chi connectivity index (χ1v) is 11.9. The molecule has 8 heteroatoms. The Balaban J connectivity index is 1.78. The second kappa shape index (κ2) is 10.4. The molecule has 2 aromatic rings. The van der Waals surface area contributed by atoms with Gasteiger partial charge in [0.25, 0.3) is 0 Å². The number of rotatable bonds is 7. The van der Waals surface area contributed by atoms with Gasteiger partial charge in [0, 0.05) is 23.7 Å². The third-order valence-corrected chi connectivity index (χ3v) is 6.88. The Bertz CT molecular complexity index is 1250. The minimum absolute atomic E-state index is 0.00546. The summed E-state index contributed by atoms with van der Waals surface area (Å²) < 4.78 is 21.5. The summed E-state index contributed by atoms with van der Waals surface area (Å²) in [7, 11) is 4.48. The fourth-order valence-corrected chi connectivity index (χ4v) is 5.25. The first-order valence-electron chi connectivity index (χ1n) is 11.9. The van der Waals surface area contributed by atoms with Gasteiger partial charge in [0.15, 0.2) is 23.0 Å². The number of hydrogen-bond donors (Lipinski definition) is 1. The van der Waals surface area contributed by atoms with Crippen LogP contribution in [0.15, 0.2) is 52.7 Å². The molecule has 1 saturated carbocycles. The number of esters is 1. The number of benzene rings is 2. The van der Waals surface area contributed by atoms with Gasteiger partial charge in [-0.2, -0.15) is 0 Å². The van der Waals surface area contributed by atoms with E-state index < -0.39 is 17.8 Å². The van der Waals surface area contributed by atoms with E-state index in [0.717, 1.165) is 11.3 Å². The highest BCUT2D eigenvalue weighted by atomic mass is 16.5. The van der Waals surface area contributed by atoms with Crippen LogP contribution in [-0.2, 0) is 14.3 Å². The number of ether oxygens (including phenoxy) is 4. The lowest BCUT2D eigenvalue weighted by molar-refractivity contribution is -0.136. The predicted molar refractivity (Wildman–Crippen MR) is 134 cm³/mol. The topological polar surface area (TPSA) is 104 Å². The summed E-state index contributed by atoms with van der Waals surface area (Å²) in [6, 6.07) is 10.6. The molecule has 0 radical (unpaired) electrons. The summed E-state index contributed by atoms with van der Waals surface area (Å²) in [5.41, 5.74) is 3.24. The molecule has 2 aromatic carbocycles. The number of carbonyl (C=O) groups excluding carboxylic acids is 2. The molecular weight excluding hydrogens is 462 g/mol. The van der Waals surface area contributed by atoms with E-state index in [-0.39, 0.29) is 17.5 Å². The maximum atomic E-state index is 13.7. The summed E-state index contributed by atoms with van der Waals surface area (Å²) >= 11 is 0. The minimum Gasteiger partial charge on any atom is -0.504 e. The van der Waals surface area contributed by atoms with Gasteiger partial charge in [-0.3, -0.25) is 9.79 Å². The van der Waals surface area contributed by atoms with Crippen molar-refractivity contribution in [3.8, 4) is 23.0 Å². The molecule has 8 nitrogen and oxygen atoms in total. The van der Waals surface area contributed by atoms with Gasteiger partial charge in [-0.25, -0.2) is 4.79 Å². The van der Waals surface area contributed by atoms with Crippen LogP contribution < -0.4 is 14.2 Å².